The van der Waals surface area contributed by atoms with Crippen LogP contribution in [0.4, 0.5) is 0 Å². The van der Waals surface area contributed by atoms with E-state index < -0.39 is 60.5 Å². The van der Waals surface area contributed by atoms with Crippen molar-refractivity contribution in [2.24, 2.45) is 5.92 Å². The number of esters is 1. The third-order valence-electron chi connectivity index (χ3n) is 5.61. The lowest BCUT2D eigenvalue weighted by Gasteiger charge is -2.26. The molecule has 0 radical (unpaired) electrons. The highest BCUT2D eigenvalue weighted by Crippen LogP contribution is 2.25. The SMILES string of the molecule is CCOC(=O)[C@H]1O[C@@H]1C(=O)N(CC(=O)O)NC(=O)C(C)NC(=O)C(NCCCc1ccccc1)C(C)C. The van der Waals surface area contributed by atoms with Gasteiger partial charge in [0.15, 0.2) is 12.2 Å². The van der Waals surface area contributed by atoms with E-state index in [9.17, 15) is 24.0 Å². The lowest BCUT2D eigenvalue weighted by atomic mass is 10.0. The molecule has 1 heterocycles. The van der Waals surface area contributed by atoms with Crippen LogP contribution in [0.25, 0.3) is 0 Å². The number of rotatable bonds is 14. The Labute approximate surface area is 216 Å². The third kappa shape index (κ3) is 9.47. The van der Waals surface area contributed by atoms with Crippen molar-refractivity contribution in [3.63, 3.8) is 0 Å². The normalized spacial score (nSPS) is 17.9. The number of nitrogens with one attached hydrogen (secondary N) is 3. The molecule has 204 valence electrons. The topological polar surface area (TPSA) is 167 Å². The molecule has 2 rings (SSSR count). The van der Waals surface area contributed by atoms with Crippen LogP contribution in [0.3, 0.4) is 0 Å². The fourth-order valence-electron chi connectivity index (χ4n) is 3.59. The van der Waals surface area contributed by atoms with Gasteiger partial charge in [0.2, 0.25) is 5.91 Å². The lowest BCUT2D eigenvalue weighted by Crippen LogP contribution is -2.58. The first-order valence-corrected chi connectivity index (χ1v) is 12.3. The van der Waals surface area contributed by atoms with Gasteiger partial charge in [0.1, 0.15) is 12.6 Å². The van der Waals surface area contributed by atoms with Crippen molar-refractivity contribution in [1.29, 1.82) is 0 Å². The number of hydrogen-bond acceptors (Lipinski definition) is 8. The highest BCUT2D eigenvalue weighted by atomic mass is 16.6. The number of epoxide rings is 1. The van der Waals surface area contributed by atoms with Gasteiger partial charge >= 0.3 is 11.9 Å². The van der Waals surface area contributed by atoms with Crippen LogP contribution in [0.1, 0.15) is 39.7 Å². The Bertz CT molecular complexity index is 955. The molecule has 0 spiro atoms. The molecule has 37 heavy (non-hydrogen) atoms. The molecule has 0 aliphatic carbocycles. The van der Waals surface area contributed by atoms with E-state index in [-0.39, 0.29) is 12.5 Å². The average Bonchev–Trinajstić information content (AvgIpc) is 3.64. The minimum Gasteiger partial charge on any atom is -0.480 e. The molecule has 3 amide bonds. The molecule has 0 saturated carbocycles. The zero-order valence-electron chi connectivity index (χ0n) is 21.6. The number of ether oxygens (including phenoxy) is 2. The fourth-order valence-corrected chi connectivity index (χ4v) is 3.59. The number of carboxylic acid groups (broad SMARTS) is 1. The van der Waals surface area contributed by atoms with Crippen molar-refractivity contribution >= 4 is 29.7 Å². The summed E-state index contributed by atoms with van der Waals surface area (Å²) in [5.74, 6) is -4.32. The van der Waals surface area contributed by atoms with E-state index >= 15 is 0 Å². The number of aryl methyl sites for hydroxylation is 1. The van der Waals surface area contributed by atoms with E-state index in [4.69, 9.17) is 14.6 Å². The summed E-state index contributed by atoms with van der Waals surface area (Å²) in [7, 11) is 0. The monoisotopic (exact) mass is 520 g/mol. The van der Waals surface area contributed by atoms with Gasteiger partial charge < -0.3 is 25.2 Å². The van der Waals surface area contributed by atoms with Crippen LogP contribution in [-0.2, 0) is 39.9 Å². The highest BCUT2D eigenvalue weighted by Gasteiger charge is 2.53. The molecule has 1 aliphatic rings. The van der Waals surface area contributed by atoms with Gasteiger partial charge in [0, 0.05) is 0 Å². The zero-order chi connectivity index (χ0) is 27.5. The van der Waals surface area contributed by atoms with Crippen molar-refractivity contribution in [3.8, 4) is 0 Å². The van der Waals surface area contributed by atoms with Gasteiger partial charge in [0.05, 0.1) is 12.6 Å². The number of carbonyl (C=O) groups excluding carboxylic acids is 4. The predicted molar refractivity (Wildman–Crippen MR) is 132 cm³/mol. The molecule has 1 aromatic carbocycles. The minimum atomic E-state index is -1.39. The Morgan fingerprint density at radius 1 is 1.05 bits per heavy atom. The van der Waals surface area contributed by atoms with Crippen molar-refractivity contribution < 1.29 is 38.6 Å². The number of hydrazine groups is 1. The summed E-state index contributed by atoms with van der Waals surface area (Å²) in [5.41, 5.74) is 3.40. The molecular formula is C25H36N4O8. The number of hydrogen-bond donors (Lipinski definition) is 4. The predicted octanol–water partition coefficient (Wildman–Crippen LogP) is 0.0130. The maximum Gasteiger partial charge on any atom is 0.338 e. The summed E-state index contributed by atoms with van der Waals surface area (Å²) in [6, 6.07) is 8.34. The van der Waals surface area contributed by atoms with Crippen molar-refractivity contribution in [2.45, 2.75) is 64.8 Å². The van der Waals surface area contributed by atoms with E-state index in [1.807, 2.05) is 44.2 Å². The standard InChI is InChI=1S/C25H36N4O8/c1-5-36-25(35)21-20(37-21)24(34)29(14-18(30)31)28-22(32)16(4)27-23(33)19(15(2)3)26-13-9-12-17-10-7-6-8-11-17/h6-8,10-11,15-16,19-21,26H,5,9,12-14H2,1-4H3,(H,27,33)(H,28,32)(H,30,31)/t16?,19?,20-,21-/m0/s1. The molecular weight excluding hydrogens is 484 g/mol. The third-order valence-corrected chi connectivity index (χ3v) is 5.61. The second-order valence-electron chi connectivity index (χ2n) is 9.02. The van der Waals surface area contributed by atoms with Crippen LogP contribution < -0.4 is 16.1 Å². The van der Waals surface area contributed by atoms with Crippen LogP contribution in [0.5, 0.6) is 0 Å². The number of carbonyl (C=O) groups is 5. The van der Waals surface area contributed by atoms with E-state index in [0.717, 1.165) is 12.8 Å². The molecule has 1 saturated heterocycles. The fraction of sp³-hybridized carbons (Fsp3) is 0.560. The van der Waals surface area contributed by atoms with E-state index in [1.165, 1.54) is 12.5 Å². The summed E-state index contributed by atoms with van der Waals surface area (Å²) < 4.78 is 9.78. The smallest absolute Gasteiger partial charge is 0.338 e. The number of aliphatic carboxylic acids is 1. The van der Waals surface area contributed by atoms with E-state index in [1.54, 1.807) is 6.92 Å². The van der Waals surface area contributed by atoms with Gasteiger partial charge in [-0.15, -0.1) is 0 Å². The first-order chi connectivity index (χ1) is 17.5. The van der Waals surface area contributed by atoms with Crippen LogP contribution >= 0.6 is 0 Å². The Hall–Kier alpha value is -3.51. The van der Waals surface area contributed by atoms with Crippen molar-refractivity contribution in [3.05, 3.63) is 35.9 Å². The molecule has 4 N–H and O–H groups in total. The van der Waals surface area contributed by atoms with Crippen molar-refractivity contribution in [2.75, 3.05) is 19.7 Å². The molecule has 12 heteroatoms. The Kier molecular flexibility index (Phi) is 11.5. The van der Waals surface area contributed by atoms with Gasteiger partial charge in [-0.3, -0.25) is 24.6 Å². The zero-order valence-corrected chi connectivity index (χ0v) is 21.6. The van der Waals surface area contributed by atoms with Crippen LogP contribution in [0.2, 0.25) is 0 Å². The molecule has 0 bridgehead atoms. The maximum absolute atomic E-state index is 12.9. The molecule has 4 atom stereocenters. The highest BCUT2D eigenvalue weighted by molar-refractivity contribution is 5.96. The van der Waals surface area contributed by atoms with E-state index in [0.29, 0.717) is 11.6 Å². The van der Waals surface area contributed by atoms with E-state index in [2.05, 4.69) is 16.1 Å². The summed E-state index contributed by atoms with van der Waals surface area (Å²) in [4.78, 5) is 61.1. The first-order valence-electron chi connectivity index (χ1n) is 12.3. The quantitative estimate of drug-likeness (QED) is 0.114. The largest absolute Gasteiger partial charge is 0.480 e. The number of amides is 3. The molecule has 0 aromatic heterocycles. The van der Waals surface area contributed by atoms with Gasteiger partial charge in [-0.1, -0.05) is 44.2 Å². The number of carboxylic acids is 1. The average molecular weight is 521 g/mol. The second kappa shape index (κ2) is 14.3. The summed E-state index contributed by atoms with van der Waals surface area (Å²) in [5, 5.41) is 15.5. The Morgan fingerprint density at radius 2 is 1.73 bits per heavy atom. The number of nitrogens with zero attached hydrogens (tertiary/aromatic N) is 1. The van der Waals surface area contributed by atoms with Crippen LogP contribution in [0.15, 0.2) is 30.3 Å². The van der Waals surface area contributed by atoms with Gasteiger partial charge in [-0.05, 0) is 44.7 Å². The summed E-state index contributed by atoms with van der Waals surface area (Å²) >= 11 is 0. The van der Waals surface area contributed by atoms with Crippen molar-refractivity contribution in [1.82, 2.24) is 21.1 Å². The van der Waals surface area contributed by atoms with Gasteiger partial charge in [-0.2, -0.15) is 0 Å². The molecule has 12 nitrogen and oxygen atoms in total. The first kappa shape index (κ1) is 29.7. The minimum absolute atomic E-state index is 0.0658. The van der Waals surface area contributed by atoms with Gasteiger partial charge in [-0.25, -0.2) is 9.80 Å². The van der Waals surface area contributed by atoms with Gasteiger partial charge in [0.25, 0.3) is 11.8 Å². The second-order valence-corrected chi connectivity index (χ2v) is 9.02. The molecule has 1 aliphatic heterocycles. The lowest BCUT2D eigenvalue weighted by molar-refractivity contribution is -0.151. The van der Waals surface area contributed by atoms with Crippen LogP contribution in [-0.4, -0.2) is 83.8 Å². The summed E-state index contributed by atoms with van der Waals surface area (Å²) in [6.45, 7) is 6.58. The molecule has 1 aromatic rings. The maximum atomic E-state index is 12.9. The summed E-state index contributed by atoms with van der Waals surface area (Å²) in [6.07, 6.45) is -0.737. The Morgan fingerprint density at radius 3 is 2.32 bits per heavy atom. The number of benzene rings is 1. The molecule has 2 unspecified atom stereocenters. The molecule has 1 fully saturated rings. The van der Waals surface area contributed by atoms with Crippen LogP contribution in [0, 0.1) is 5.92 Å². The Balaban J connectivity index is 1.89.